The summed E-state index contributed by atoms with van der Waals surface area (Å²) < 4.78 is 10.5. The Morgan fingerprint density at radius 1 is 1.19 bits per heavy atom. The molecule has 5 nitrogen and oxygen atoms in total. The molecule has 1 aromatic heterocycles. The minimum Gasteiger partial charge on any atom is -0.454 e. The van der Waals surface area contributed by atoms with Crippen LogP contribution in [-0.4, -0.2) is 22.0 Å². The van der Waals surface area contributed by atoms with Crippen LogP contribution in [0, 0.1) is 0 Å². The van der Waals surface area contributed by atoms with Gasteiger partial charge in [-0.25, -0.2) is 4.98 Å². The summed E-state index contributed by atoms with van der Waals surface area (Å²) in [5.41, 5.74) is 1.51. The molecule has 0 bridgehead atoms. The summed E-state index contributed by atoms with van der Waals surface area (Å²) in [6, 6.07) is 5.53. The summed E-state index contributed by atoms with van der Waals surface area (Å²) in [5.74, 6) is 1.43. The van der Waals surface area contributed by atoms with Crippen molar-refractivity contribution in [3.63, 3.8) is 0 Å². The molecule has 1 aliphatic heterocycles. The summed E-state index contributed by atoms with van der Waals surface area (Å²) in [4.78, 5) is 4.06. The quantitative estimate of drug-likeness (QED) is 0.756. The van der Waals surface area contributed by atoms with Crippen LogP contribution < -0.4 is 9.47 Å². The van der Waals surface area contributed by atoms with Crippen molar-refractivity contribution in [2.24, 2.45) is 0 Å². The Balaban J connectivity index is 2.07. The molecule has 0 unspecified atom stereocenters. The van der Waals surface area contributed by atoms with E-state index in [0.717, 1.165) is 11.3 Å². The molecule has 1 aromatic carbocycles. The molecule has 0 N–H and O–H groups in total. The minimum absolute atomic E-state index is 0.121. The number of hydrogen-bond donors (Lipinski definition) is 0. The van der Waals surface area contributed by atoms with Crippen molar-refractivity contribution in [3.8, 4) is 22.8 Å². The molecule has 0 spiro atoms. The lowest BCUT2D eigenvalue weighted by molar-refractivity contribution is 0.174. The molecule has 6 heteroatoms. The lowest BCUT2D eigenvalue weighted by atomic mass is 10.1. The second-order valence-corrected chi connectivity index (χ2v) is 3.52. The van der Waals surface area contributed by atoms with Crippen molar-refractivity contribution in [2.75, 3.05) is 6.79 Å². The zero-order chi connectivity index (χ0) is 11.0. The summed E-state index contributed by atoms with van der Waals surface area (Å²) in [7, 11) is 0. The molecule has 80 valence electrons. The number of halogens is 1. The Hall–Kier alpha value is -1.88. The van der Waals surface area contributed by atoms with Crippen molar-refractivity contribution < 1.29 is 9.47 Å². The van der Waals surface area contributed by atoms with Crippen LogP contribution in [0.2, 0.25) is 5.28 Å². The molecule has 2 aromatic rings. The van der Waals surface area contributed by atoms with Gasteiger partial charge >= 0.3 is 0 Å². The highest BCUT2D eigenvalue weighted by Crippen LogP contribution is 2.35. The highest BCUT2D eigenvalue weighted by molar-refractivity contribution is 6.28. The molecule has 0 aliphatic carbocycles. The van der Waals surface area contributed by atoms with Crippen LogP contribution in [0.5, 0.6) is 11.5 Å². The lowest BCUT2D eigenvalue weighted by Crippen LogP contribution is -1.93. The predicted octanol–water partition coefficient (Wildman–Crippen LogP) is 1.92. The summed E-state index contributed by atoms with van der Waals surface area (Å²) in [5, 5.41) is 7.44. The first-order valence-electron chi connectivity index (χ1n) is 4.58. The van der Waals surface area contributed by atoms with E-state index in [4.69, 9.17) is 21.1 Å². The first kappa shape index (κ1) is 9.35. The van der Waals surface area contributed by atoms with Crippen molar-refractivity contribution >= 4 is 11.6 Å². The Morgan fingerprint density at radius 3 is 2.94 bits per heavy atom. The van der Waals surface area contributed by atoms with Crippen molar-refractivity contribution in [2.45, 2.75) is 0 Å². The smallest absolute Gasteiger partial charge is 0.243 e. The van der Waals surface area contributed by atoms with Crippen molar-refractivity contribution in [1.29, 1.82) is 0 Å². The van der Waals surface area contributed by atoms with E-state index in [1.807, 2.05) is 18.2 Å². The predicted molar refractivity (Wildman–Crippen MR) is 56.4 cm³/mol. The standard InChI is InChI=1S/C10H6ClN3O2/c11-10-13-7(4-12-14-10)6-1-2-8-9(3-6)16-5-15-8/h1-4H,5H2. The van der Waals surface area contributed by atoms with Gasteiger partial charge in [-0.05, 0) is 29.8 Å². The Kier molecular flexibility index (Phi) is 2.11. The Morgan fingerprint density at radius 2 is 2.06 bits per heavy atom. The zero-order valence-corrected chi connectivity index (χ0v) is 8.81. The van der Waals surface area contributed by atoms with Gasteiger partial charge in [0.05, 0.1) is 11.9 Å². The number of ether oxygens (including phenoxy) is 2. The molecule has 0 radical (unpaired) electrons. The summed E-state index contributed by atoms with van der Waals surface area (Å²) in [6.45, 7) is 0.252. The maximum atomic E-state index is 5.67. The second-order valence-electron chi connectivity index (χ2n) is 3.18. The highest BCUT2D eigenvalue weighted by atomic mass is 35.5. The largest absolute Gasteiger partial charge is 0.454 e. The number of rotatable bonds is 1. The van der Waals surface area contributed by atoms with E-state index in [1.54, 1.807) is 6.20 Å². The van der Waals surface area contributed by atoms with Crippen LogP contribution >= 0.6 is 11.6 Å². The molecule has 0 fully saturated rings. The number of fused-ring (bicyclic) bond motifs is 1. The van der Waals surface area contributed by atoms with E-state index in [0.29, 0.717) is 11.4 Å². The highest BCUT2D eigenvalue weighted by Gasteiger charge is 2.14. The fraction of sp³-hybridized carbons (Fsp3) is 0.100. The average Bonchev–Trinajstić information content (AvgIpc) is 2.75. The second kappa shape index (κ2) is 3.61. The van der Waals surface area contributed by atoms with Gasteiger partial charge in [-0.15, -0.1) is 5.10 Å². The first-order valence-corrected chi connectivity index (χ1v) is 4.96. The van der Waals surface area contributed by atoms with E-state index >= 15 is 0 Å². The molecule has 3 rings (SSSR count). The number of nitrogens with zero attached hydrogens (tertiary/aromatic N) is 3. The van der Waals surface area contributed by atoms with E-state index in [9.17, 15) is 0 Å². The average molecular weight is 236 g/mol. The van der Waals surface area contributed by atoms with Gasteiger partial charge in [0.1, 0.15) is 0 Å². The van der Waals surface area contributed by atoms with Crippen molar-refractivity contribution in [3.05, 3.63) is 29.7 Å². The van der Waals surface area contributed by atoms with Gasteiger partial charge in [-0.3, -0.25) is 0 Å². The van der Waals surface area contributed by atoms with E-state index < -0.39 is 0 Å². The maximum Gasteiger partial charge on any atom is 0.243 e. The first-order chi connectivity index (χ1) is 7.83. The van der Waals surface area contributed by atoms with Gasteiger partial charge in [-0.2, -0.15) is 5.10 Å². The monoisotopic (exact) mass is 235 g/mol. The molecule has 0 amide bonds. The molecular formula is C10H6ClN3O2. The fourth-order valence-corrected chi connectivity index (χ4v) is 1.61. The van der Waals surface area contributed by atoms with E-state index in [-0.39, 0.29) is 12.1 Å². The number of benzene rings is 1. The summed E-state index contributed by atoms with van der Waals surface area (Å²) >= 11 is 5.67. The third-order valence-corrected chi connectivity index (χ3v) is 2.36. The van der Waals surface area contributed by atoms with Crippen LogP contribution in [0.4, 0.5) is 0 Å². The van der Waals surface area contributed by atoms with Gasteiger partial charge in [0.15, 0.2) is 11.5 Å². The van der Waals surface area contributed by atoms with Gasteiger partial charge in [0, 0.05) is 5.56 Å². The Bertz CT molecular complexity index is 547. The topological polar surface area (TPSA) is 57.1 Å². The molecule has 2 heterocycles. The third-order valence-electron chi connectivity index (χ3n) is 2.20. The third kappa shape index (κ3) is 1.55. The number of hydrogen-bond acceptors (Lipinski definition) is 5. The van der Waals surface area contributed by atoms with E-state index in [1.165, 1.54) is 0 Å². The zero-order valence-electron chi connectivity index (χ0n) is 8.05. The SMILES string of the molecule is Clc1nncc(-c2ccc3c(c2)OCO3)n1. The molecule has 16 heavy (non-hydrogen) atoms. The molecule has 1 aliphatic rings. The fourth-order valence-electron chi connectivity index (χ4n) is 1.48. The van der Waals surface area contributed by atoms with Crippen LogP contribution in [0.3, 0.4) is 0 Å². The van der Waals surface area contributed by atoms with Crippen LogP contribution in [0.15, 0.2) is 24.4 Å². The summed E-state index contributed by atoms with van der Waals surface area (Å²) in [6.07, 6.45) is 1.55. The van der Waals surface area contributed by atoms with E-state index in [2.05, 4.69) is 15.2 Å². The number of aromatic nitrogens is 3. The van der Waals surface area contributed by atoms with Gasteiger partial charge in [-0.1, -0.05) is 0 Å². The van der Waals surface area contributed by atoms with Crippen LogP contribution in [-0.2, 0) is 0 Å². The lowest BCUT2D eigenvalue weighted by Gasteiger charge is -2.01. The van der Waals surface area contributed by atoms with Crippen LogP contribution in [0.1, 0.15) is 0 Å². The molecule has 0 saturated carbocycles. The van der Waals surface area contributed by atoms with Crippen molar-refractivity contribution in [1.82, 2.24) is 15.2 Å². The van der Waals surface area contributed by atoms with Gasteiger partial charge in [0.2, 0.25) is 12.1 Å². The normalized spacial score (nSPS) is 12.8. The van der Waals surface area contributed by atoms with Crippen LogP contribution in [0.25, 0.3) is 11.3 Å². The Labute approximate surface area is 96.0 Å². The maximum absolute atomic E-state index is 5.67. The molecular weight excluding hydrogens is 230 g/mol. The van der Waals surface area contributed by atoms with Gasteiger partial charge < -0.3 is 9.47 Å². The molecule has 0 atom stereocenters. The van der Waals surface area contributed by atoms with Gasteiger partial charge in [0.25, 0.3) is 0 Å². The minimum atomic E-state index is 0.121. The molecule has 0 saturated heterocycles.